The Morgan fingerprint density at radius 2 is 1.56 bits per heavy atom. The number of anilines is 2. The van der Waals surface area contributed by atoms with E-state index in [4.69, 9.17) is 4.74 Å². The third-order valence-electron chi connectivity index (χ3n) is 5.90. The van der Waals surface area contributed by atoms with Crippen LogP contribution in [-0.4, -0.2) is 75.1 Å². The maximum atomic E-state index is 13.4. The van der Waals surface area contributed by atoms with Crippen LogP contribution in [0.1, 0.15) is 11.1 Å². The van der Waals surface area contributed by atoms with E-state index in [0.717, 1.165) is 35.6 Å². The Bertz CT molecular complexity index is 1010. The molecule has 0 atom stereocenters. The zero-order chi connectivity index (χ0) is 22.7. The fourth-order valence-electron chi connectivity index (χ4n) is 3.94. The summed E-state index contributed by atoms with van der Waals surface area (Å²) in [5.74, 6) is -0.532. The third-order valence-corrected chi connectivity index (χ3v) is 5.90. The number of rotatable bonds is 7. The van der Waals surface area contributed by atoms with Crippen molar-refractivity contribution in [1.82, 2.24) is 9.80 Å². The monoisotopic (exact) mass is 434 g/mol. The fraction of sp³-hybridized carbons (Fsp3) is 0.360. The number of ether oxygens (including phenoxy) is 1. The van der Waals surface area contributed by atoms with Gasteiger partial charge in [-0.25, -0.2) is 0 Å². The number of nitrogens with zero attached hydrogens (tertiary/aromatic N) is 3. The van der Waals surface area contributed by atoms with Gasteiger partial charge in [-0.3, -0.25) is 19.4 Å². The van der Waals surface area contributed by atoms with Crippen LogP contribution in [0.25, 0.3) is 5.57 Å². The number of benzene rings is 2. The van der Waals surface area contributed by atoms with Gasteiger partial charge in [0.1, 0.15) is 5.70 Å². The van der Waals surface area contributed by atoms with Gasteiger partial charge in [0, 0.05) is 51.6 Å². The molecular weight excluding hydrogens is 404 g/mol. The SMILES string of the molecule is Cc1ccc(C2=C(Nc3ccc(N(C)C)cc3)C(=O)N(CCN3CCOCC3)C2=O)cc1. The largest absolute Gasteiger partial charge is 0.379 e. The second-order valence-electron chi connectivity index (χ2n) is 8.40. The summed E-state index contributed by atoms with van der Waals surface area (Å²) in [5, 5.41) is 3.23. The average molecular weight is 435 g/mol. The quantitative estimate of drug-likeness (QED) is 0.676. The standard InChI is InChI=1S/C25H30N4O3/c1-18-4-6-19(7-5-18)22-23(26-20-8-10-21(11-9-20)27(2)3)25(31)29(24(22)30)13-12-28-14-16-32-17-15-28/h4-11,26H,12-17H2,1-3H3. The van der Waals surface area contributed by atoms with Gasteiger partial charge >= 0.3 is 0 Å². The highest BCUT2D eigenvalue weighted by atomic mass is 16.5. The van der Waals surface area contributed by atoms with Crippen molar-refractivity contribution in [2.45, 2.75) is 6.92 Å². The van der Waals surface area contributed by atoms with Gasteiger partial charge in [0.25, 0.3) is 11.8 Å². The molecule has 1 N–H and O–H groups in total. The summed E-state index contributed by atoms with van der Waals surface area (Å²) in [6.45, 7) is 6.01. The van der Waals surface area contributed by atoms with Gasteiger partial charge in [0.2, 0.25) is 0 Å². The second-order valence-corrected chi connectivity index (χ2v) is 8.40. The number of hydrogen-bond donors (Lipinski definition) is 1. The first-order valence-corrected chi connectivity index (χ1v) is 11.0. The first kappa shape index (κ1) is 22.0. The number of nitrogens with one attached hydrogen (secondary N) is 1. The van der Waals surface area contributed by atoms with E-state index in [1.165, 1.54) is 4.90 Å². The van der Waals surface area contributed by atoms with E-state index in [1.54, 1.807) is 0 Å². The lowest BCUT2D eigenvalue weighted by Crippen LogP contribution is -2.43. The number of carbonyl (C=O) groups is 2. The van der Waals surface area contributed by atoms with Gasteiger partial charge in [-0.15, -0.1) is 0 Å². The summed E-state index contributed by atoms with van der Waals surface area (Å²) >= 11 is 0. The Morgan fingerprint density at radius 1 is 0.906 bits per heavy atom. The van der Waals surface area contributed by atoms with Crippen molar-refractivity contribution in [3.63, 3.8) is 0 Å². The average Bonchev–Trinajstić information content (AvgIpc) is 3.03. The first-order chi connectivity index (χ1) is 15.4. The molecule has 32 heavy (non-hydrogen) atoms. The highest BCUT2D eigenvalue weighted by molar-refractivity contribution is 6.36. The molecule has 0 aromatic heterocycles. The summed E-state index contributed by atoms with van der Waals surface area (Å²) in [7, 11) is 3.96. The molecule has 0 unspecified atom stereocenters. The normalized spacial score (nSPS) is 17.3. The highest BCUT2D eigenvalue weighted by Gasteiger charge is 2.39. The van der Waals surface area contributed by atoms with Crippen molar-refractivity contribution in [2.75, 3.05) is 63.7 Å². The van der Waals surface area contributed by atoms with Crippen molar-refractivity contribution in [2.24, 2.45) is 0 Å². The molecule has 0 spiro atoms. The Labute approximate surface area is 189 Å². The van der Waals surface area contributed by atoms with Crippen LogP contribution < -0.4 is 10.2 Å². The minimum Gasteiger partial charge on any atom is -0.379 e. The number of carbonyl (C=O) groups excluding carboxylic acids is 2. The number of aryl methyl sites for hydroxylation is 1. The molecule has 0 bridgehead atoms. The summed E-state index contributed by atoms with van der Waals surface area (Å²) in [6, 6.07) is 15.5. The lowest BCUT2D eigenvalue weighted by Gasteiger charge is -2.28. The van der Waals surface area contributed by atoms with Gasteiger partial charge in [0.05, 0.1) is 18.8 Å². The van der Waals surface area contributed by atoms with Gasteiger partial charge in [0.15, 0.2) is 0 Å². The molecule has 2 amide bonds. The van der Waals surface area contributed by atoms with E-state index in [2.05, 4.69) is 10.2 Å². The molecule has 2 heterocycles. The lowest BCUT2D eigenvalue weighted by molar-refractivity contribution is -0.137. The Kier molecular flexibility index (Phi) is 6.58. The minimum absolute atomic E-state index is 0.250. The lowest BCUT2D eigenvalue weighted by atomic mass is 10.0. The second kappa shape index (κ2) is 9.54. The zero-order valence-electron chi connectivity index (χ0n) is 18.9. The van der Waals surface area contributed by atoms with Crippen LogP contribution in [-0.2, 0) is 14.3 Å². The molecule has 1 fully saturated rings. The molecule has 4 rings (SSSR count). The number of morpholine rings is 1. The maximum Gasteiger partial charge on any atom is 0.278 e. The van der Waals surface area contributed by atoms with E-state index < -0.39 is 0 Å². The van der Waals surface area contributed by atoms with Gasteiger partial charge in [-0.05, 0) is 36.8 Å². The smallest absolute Gasteiger partial charge is 0.278 e. The highest BCUT2D eigenvalue weighted by Crippen LogP contribution is 2.31. The molecular formula is C25H30N4O3. The van der Waals surface area contributed by atoms with Gasteiger partial charge < -0.3 is 15.0 Å². The molecule has 168 valence electrons. The molecule has 2 aliphatic rings. The topological polar surface area (TPSA) is 65.1 Å². The van der Waals surface area contributed by atoms with Crippen molar-refractivity contribution in [1.29, 1.82) is 0 Å². The van der Waals surface area contributed by atoms with Crippen molar-refractivity contribution < 1.29 is 14.3 Å². The Balaban J connectivity index is 1.60. The summed E-state index contributed by atoms with van der Waals surface area (Å²) in [5.41, 5.74) is 4.43. The van der Waals surface area contributed by atoms with Gasteiger partial charge in [-0.2, -0.15) is 0 Å². The minimum atomic E-state index is -0.282. The Morgan fingerprint density at radius 3 is 2.19 bits per heavy atom. The molecule has 7 heteroatoms. The molecule has 1 saturated heterocycles. The molecule has 0 saturated carbocycles. The molecule has 7 nitrogen and oxygen atoms in total. The third kappa shape index (κ3) is 4.69. The molecule has 2 aromatic rings. The molecule has 0 radical (unpaired) electrons. The van der Waals surface area contributed by atoms with Gasteiger partial charge in [-0.1, -0.05) is 29.8 Å². The summed E-state index contributed by atoms with van der Waals surface area (Å²) < 4.78 is 5.39. The molecule has 2 aromatic carbocycles. The van der Waals surface area contributed by atoms with E-state index in [-0.39, 0.29) is 11.8 Å². The number of imide groups is 1. The summed E-state index contributed by atoms with van der Waals surface area (Å²) in [4.78, 5) is 32.3. The van der Waals surface area contributed by atoms with E-state index in [0.29, 0.717) is 37.6 Å². The summed E-state index contributed by atoms with van der Waals surface area (Å²) in [6.07, 6.45) is 0. The maximum absolute atomic E-state index is 13.4. The van der Waals surface area contributed by atoms with Crippen molar-refractivity contribution >= 4 is 28.8 Å². The van der Waals surface area contributed by atoms with Crippen LogP contribution in [0.4, 0.5) is 11.4 Å². The fourth-order valence-corrected chi connectivity index (χ4v) is 3.94. The van der Waals surface area contributed by atoms with Crippen molar-refractivity contribution in [3.05, 3.63) is 65.4 Å². The molecule has 0 aliphatic carbocycles. The number of amides is 2. The van der Waals surface area contributed by atoms with Crippen LogP contribution >= 0.6 is 0 Å². The van der Waals surface area contributed by atoms with Crippen LogP contribution in [0.5, 0.6) is 0 Å². The Hall–Kier alpha value is -3.16. The predicted molar refractivity (Wildman–Crippen MR) is 126 cm³/mol. The van der Waals surface area contributed by atoms with E-state index in [1.807, 2.05) is 74.4 Å². The van der Waals surface area contributed by atoms with Crippen LogP contribution in [0.2, 0.25) is 0 Å². The van der Waals surface area contributed by atoms with Crippen LogP contribution in [0.3, 0.4) is 0 Å². The zero-order valence-corrected chi connectivity index (χ0v) is 18.9. The predicted octanol–water partition coefficient (Wildman–Crippen LogP) is 2.59. The first-order valence-electron chi connectivity index (χ1n) is 11.0. The number of hydrogen-bond acceptors (Lipinski definition) is 6. The van der Waals surface area contributed by atoms with Crippen LogP contribution in [0.15, 0.2) is 54.2 Å². The van der Waals surface area contributed by atoms with Crippen LogP contribution in [0, 0.1) is 6.92 Å². The van der Waals surface area contributed by atoms with Crippen molar-refractivity contribution in [3.8, 4) is 0 Å². The van der Waals surface area contributed by atoms with E-state index >= 15 is 0 Å². The van der Waals surface area contributed by atoms with E-state index in [9.17, 15) is 9.59 Å². The molecule has 2 aliphatic heterocycles.